The number of nitrogens with two attached hydrogens (primary N) is 1. The monoisotopic (exact) mass is 1120 g/mol. The van der Waals surface area contributed by atoms with Gasteiger partial charge in [-0.15, -0.1) is 41.0 Å². The molecule has 0 amide bonds. The topological polar surface area (TPSA) is 139 Å². The fourth-order valence-corrected chi connectivity index (χ4v) is 7.67. The molecule has 0 fully saturated rings. The summed E-state index contributed by atoms with van der Waals surface area (Å²) < 4.78 is 86.8. The van der Waals surface area contributed by atoms with Gasteiger partial charge >= 0.3 is 18.3 Å². The van der Waals surface area contributed by atoms with Gasteiger partial charge in [0.25, 0.3) is 0 Å². The van der Waals surface area contributed by atoms with Crippen LogP contribution in [0.3, 0.4) is 0 Å². The fraction of sp³-hybridized carbons (Fsp3) is 0.333. The zero-order chi connectivity index (χ0) is 44.5. The second-order valence-corrected chi connectivity index (χ2v) is 14.8. The molecule has 8 rings (SSSR count). The van der Waals surface area contributed by atoms with E-state index in [1.54, 1.807) is 0 Å². The van der Waals surface area contributed by atoms with Crippen LogP contribution in [0.2, 0.25) is 0 Å². The number of alkyl halides is 6. The number of fused-ring (bicyclic) bond motifs is 4. The molecule has 0 aromatic heterocycles. The maximum Gasteiger partial charge on any atom is 0.416 e. The number of nitrogen functional groups attached to an aromatic ring is 1. The molecule has 338 valence electrons. The second kappa shape index (κ2) is 23.9. The van der Waals surface area contributed by atoms with E-state index >= 15 is 0 Å². The summed E-state index contributed by atoms with van der Waals surface area (Å²) in [5.41, 5.74) is 12.7. The molecule has 2 heterocycles. The highest BCUT2D eigenvalue weighted by Gasteiger charge is 2.33. The zero-order valence-electron chi connectivity index (χ0n) is 33.6. The highest BCUT2D eigenvalue weighted by Crippen LogP contribution is 2.40. The first-order chi connectivity index (χ1) is 29.0. The Morgan fingerprint density at radius 2 is 1.17 bits per heavy atom. The third kappa shape index (κ3) is 14.6. The Morgan fingerprint density at radius 3 is 1.67 bits per heavy atom. The van der Waals surface area contributed by atoms with Gasteiger partial charge in [-0.25, -0.2) is 4.79 Å². The van der Waals surface area contributed by atoms with Gasteiger partial charge in [0.05, 0.1) is 36.5 Å². The molecule has 0 saturated carbocycles. The van der Waals surface area contributed by atoms with E-state index in [1.807, 2.05) is 30.3 Å². The Bertz CT molecular complexity index is 2290. The van der Waals surface area contributed by atoms with E-state index in [2.05, 4.69) is 28.5 Å². The maximum atomic E-state index is 12.9. The number of hydrogen-bond donors (Lipinski definition) is 4. The molecule has 2 atom stereocenters. The van der Waals surface area contributed by atoms with Gasteiger partial charge in [-0.2, -0.15) is 42.1 Å². The van der Waals surface area contributed by atoms with Crippen molar-refractivity contribution in [3.63, 3.8) is 0 Å². The number of rotatable bonds is 4. The van der Waals surface area contributed by atoms with Crippen molar-refractivity contribution in [3.05, 3.63) is 135 Å². The number of anilines is 1. The van der Waals surface area contributed by atoms with Gasteiger partial charge in [-0.1, -0.05) is 42.5 Å². The molecular weight excluding hydrogens is 1080 g/mol. The van der Waals surface area contributed by atoms with Crippen molar-refractivity contribution in [2.75, 3.05) is 18.9 Å². The summed E-state index contributed by atoms with van der Waals surface area (Å²) >= 11 is 2.44. The summed E-state index contributed by atoms with van der Waals surface area (Å²) in [6.07, 6.45) is -1.27. The average Bonchev–Trinajstić information content (AvgIpc) is 3.22. The number of halogens is 9. The van der Waals surface area contributed by atoms with Gasteiger partial charge in [0.1, 0.15) is 11.5 Å². The molecule has 4 aliphatic rings. The number of carboxylic acid groups (broad SMARTS) is 1. The number of aryl methyl sites for hydroxylation is 2. The van der Waals surface area contributed by atoms with Gasteiger partial charge in [0, 0.05) is 48.6 Å². The number of carbonyl (C=O) groups is 2. The molecule has 0 bridgehead atoms. The number of allylic oxidation sites excluding steroid dienone is 1. The Labute approximate surface area is 398 Å². The summed E-state index contributed by atoms with van der Waals surface area (Å²) in [5.74, 6) is -1.01. The number of aliphatic carboxylic acids is 1. The lowest BCUT2D eigenvalue weighted by atomic mass is 9.85. The van der Waals surface area contributed by atoms with Crippen molar-refractivity contribution in [1.29, 1.82) is 0 Å². The Kier molecular flexibility index (Phi) is 20.3. The van der Waals surface area contributed by atoms with Gasteiger partial charge in [0.15, 0.2) is 12.5 Å². The first-order valence-electron chi connectivity index (χ1n) is 19.4. The van der Waals surface area contributed by atoms with Crippen LogP contribution < -0.4 is 15.2 Å². The van der Waals surface area contributed by atoms with E-state index in [-0.39, 0.29) is 90.1 Å². The van der Waals surface area contributed by atoms with Gasteiger partial charge in [-0.05, 0) is 107 Å². The normalized spacial score (nSPS) is 18.4. The van der Waals surface area contributed by atoms with E-state index in [0.29, 0.717) is 41.5 Å². The minimum absolute atomic E-state index is 0. The number of ketones is 1. The van der Waals surface area contributed by atoms with Crippen molar-refractivity contribution in [2.24, 2.45) is 0 Å². The predicted octanol–water partition coefficient (Wildman–Crippen LogP) is 10.3. The molecule has 63 heavy (non-hydrogen) atoms. The van der Waals surface area contributed by atoms with E-state index < -0.39 is 29.4 Å². The molecule has 4 aromatic rings. The van der Waals surface area contributed by atoms with Crippen LogP contribution in [0.1, 0.15) is 75.8 Å². The predicted molar refractivity (Wildman–Crippen MR) is 249 cm³/mol. The first kappa shape index (κ1) is 53.5. The molecule has 2 radical (unpaired) electrons. The third-order valence-corrected chi connectivity index (χ3v) is 10.6. The van der Waals surface area contributed by atoms with Crippen LogP contribution >= 0.6 is 56.7 Å². The Balaban J connectivity index is 0.000000266. The lowest BCUT2D eigenvalue weighted by molar-refractivity contribution is -0.138. The molecule has 2 aliphatic heterocycles. The largest absolute Gasteiger partial charge is 0.493 e. The molecule has 2 aliphatic carbocycles. The highest BCUT2D eigenvalue weighted by atomic mass is 127. The Morgan fingerprint density at radius 1 is 0.714 bits per heavy atom. The van der Waals surface area contributed by atoms with Crippen molar-refractivity contribution < 1.29 is 60.7 Å². The maximum absolute atomic E-state index is 12.9. The molecule has 5 N–H and O–H groups in total. The number of hydrogen-bond acceptors (Lipinski definition) is 7. The smallest absolute Gasteiger partial charge is 0.416 e. The Hall–Kier alpha value is -3.85. The minimum atomic E-state index is -4.44. The van der Waals surface area contributed by atoms with Crippen LogP contribution in [0.4, 0.5) is 32.0 Å². The van der Waals surface area contributed by atoms with Crippen LogP contribution in [-0.4, -0.2) is 59.2 Å². The molecule has 18 heteroatoms. The van der Waals surface area contributed by atoms with Crippen molar-refractivity contribution in [1.82, 2.24) is 0 Å². The van der Waals surface area contributed by atoms with Crippen LogP contribution in [-0.2, 0) is 54.0 Å². The van der Waals surface area contributed by atoms with Crippen molar-refractivity contribution in [3.8, 4) is 11.5 Å². The molecule has 0 spiro atoms. The SMILES string of the molecule is Br.I.Nc1cccc2c1C[C@H](O)CC2.O=C(/C=C1\CCOc2cc(C(F)(F)F)ccc21)Cc1cccc2c1C[C@H](O)CC2.O=C(O)/C=C1\CCOc2cc(C(F)(F)F)ccc21.[B]Br. The third-order valence-electron chi connectivity index (χ3n) is 10.6. The number of ether oxygens (including phenoxy) is 2. The summed E-state index contributed by atoms with van der Waals surface area (Å²) in [5, 5.41) is 28.1. The molecule has 0 saturated heterocycles. The van der Waals surface area contributed by atoms with Gasteiger partial charge in [0.2, 0.25) is 0 Å². The van der Waals surface area contributed by atoms with E-state index in [1.165, 1.54) is 29.3 Å². The van der Waals surface area contributed by atoms with Crippen molar-refractivity contribution in [2.45, 2.75) is 82.3 Å². The van der Waals surface area contributed by atoms with Crippen LogP contribution in [0.5, 0.6) is 11.5 Å². The lowest BCUT2D eigenvalue weighted by Crippen LogP contribution is -2.20. The molecule has 8 nitrogen and oxygen atoms in total. The quantitative estimate of drug-likeness (QED) is 0.0521. The van der Waals surface area contributed by atoms with Gasteiger partial charge < -0.3 is 30.5 Å². The second-order valence-electron chi connectivity index (χ2n) is 14.8. The summed E-state index contributed by atoms with van der Waals surface area (Å²) in [7, 11) is 0. The standard InChI is InChI=1S/C23H21F3O3.C12H9F3O3.C10H13NO.BBr.BrH.HI/c24-23(25,26)17-5-7-20-16(8-9-29-22(20)12-17)11-19(28)10-15-3-1-2-14-4-6-18(27)13-21(14)15;13-12(14,15)8-1-2-9-7(5-11(16)17)3-4-18-10(9)6-8;11-10-3-1-2-7-4-5-8(12)6-9(7)10;1-2;;/h1-3,5,7,11-12,18,27H,4,6,8-10,13H2;1-2,5-6H,3-4H2,(H,16,17);1-3,8,12H,4-6,11H2;;2*1H/b16-11+;7-5+;;;;/t18-;;8-;;;/m1.1.../s1. The zero-order valence-corrected chi connectivity index (χ0v) is 39.2. The van der Waals surface area contributed by atoms with E-state index in [0.717, 1.165) is 84.8 Å². The number of aliphatic hydroxyl groups excluding tert-OH is 2. The van der Waals surface area contributed by atoms with Crippen LogP contribution in [0.15, 0.2) is 84.9 Å². The summed E-state index contributed by atoms with van der Waals surface area (Å²) in [4.78, 5) is 23.3. The number of carboxylic acids is 1. The van der Waals surface area contributed by atoms with E-state index in [9.17, 15) is 46.1 Å². The molecule has 4 aromatic carbocycles. The summed E-state index contributed by atoms with van der Waals surface area (Å²) in [6, 6.07) is 18.3. The van der Waals surface area contributed by atoms with Crippen molar-refractivity contribution >= 4 is 92.0 Å². The molecule has 0 unspecified atom stereocenters. The first-order valence-corrected chi connectivity index (χ1v) is 20.3. The molecular formula is C45H45BBr2F6INO7. The van der Waals surface area contributed by atoms with Gasteiger partial charge in [-0.3, -0.25) is 4.79 Å². The minimum Gasteiger partial charge on any atom is -0.493 e. The number of aliphatic hydroxyl groups is 2. The highest BCUT2D eigenvalue weighted by molar-refractivity contribution is 14.0. The fourth-order valence-electron chi connectivity index (χ4n) is 7.67. The van der Waals surface area contributed by atoms with Crippen LogP contribution in [0.25, 0.3) is 11.1 Å². The number of benzene rings is 4. The van der Waals surface area contributed by atoms with Crippen LogP contribution in [0, 0.1) is 0 Å². The summed E-state index contributed by atoms with van der Waals surface area (Å²) in [6.45, 7) is 4.72. The lowest BCUT2D eigenvalue weighted by Gasteiger charge is -2.23. The average molecular weight is 1120 g/mol. The van der Waals surface area contributed by atoms with E-state index in [4.69, 9.17) is 20.3 Å². The number of carbonyl (C=O) groups excluding carboxylic acids is 1.